The van der Waals surface area contributed by atoms with Crippen LogP contribution >= 0.6 is 0 Å². The Morgan fingerprint density at radius 1 is 1.17 bits per heavy atom. The van der Waals surface area contributed by atoms with Gasteiger partial charge in [0.15, 0.2) is 0 Å². The second kappa shape index (κ2) is 6.91. The molecule has 0 bridgehead atoms. The summed E-state index contributed by atoms with van der Waals surface area (Å²) in [6.45, 7) is 10.4. The van der Waals surface area contributed by atoms with E-state index in [0.29, 0.717) is 0 Å². The van der Waals surface area contributed by atoms with Gasteiger partial charge in [0.1, 0.15) is 0 Å². The second-order valence-electron chi connectivity index (χ2n) is 5.97. The van der Waals surface area contributed by atoms with Crippen LogP contribution in [-0.2, 0) is 12.0 Å². The van der Waals surface area contributed by atoms with Crippen LogP contribution in [0.4, 0.5) is 0 Å². The van der Waals surface area contributed by atoms with Crippen molar-refractivity contribution < 1.29 is 5.11 Å². The lowest BCUT2D eigenvalue weighted by Gasteiger charge is -2.19. The highest BCUT2D eigenvalue weighted by molar-refractivity contribution is 5.27. The minimum Gasteiger partial charge on any atom is -0.393 e. The van der Waals surface area contributed by atoms with E-state index in [1.165, 1.54) is 11.1 Å². The van der Waals surface area contributed by atoms with E-state index in [1.807, 2.05) is 6.92 Å². The Bertz CT molecular complexity index is 337. The van der Waals surface area contributed by atoms with Gasteiger partial charge in [-0.05, 0) is 35.9 Å². The van der Waals surface area contributed by atoms with Gasteiger partial charge in [-0.1, -0.05) is 52.0 Å². The number of hydrogen-bond donors (Lipinski definition) is 2. The molecule has 1 atom stereocenters. The van der Waals surface area contributed by atoms with Crippen molar-refractivity contribution >= 4 is 0 Å². The number of rotatable bonds is 6. The van der Waals surface area contributed by atoms with Gasteiger partial charge in [-0.2, -0.15) is 0 Å². The first kappa shape index (κ1) is 15.2. The lowest BCUT2D eigenvalue weighted by Crippen LogP contribution is -2.20. The van der Waals surface area contributed by atoms with Crippen LogP contribution in [0.25, 0.3) is 0 Å². The maximum Gasteiger partial charge on any atom is 0.0549 e. The molecule has 2 N–H and O–H groups in total. The molecule has 102 valence electrons. The fourth-order valence-electron chi connectivity index (χ4n) is 1.83. The number of aliphatic hydroxyl groups excluding tert-OH is 1. The van der Waals surface area contributed by atoms with E-state index in [1.54, 1.807) is 0 Å². The molecule has 0 saturated carbocycles. The summed E-state index contributed by atoms with van der Waals surface area (Å²) >= 11 is 0. The summed E-state index contributed by atoms with van der Waals surface area (Å²) < 4.78 is 0. The Hall–Kier alpha value is -0.860. The molecule has 0 aliphatic heterocycles. The number of nitrogens with one attached hydrogen (secondary N) is 1. The highest BCUT2D eigenvalue weighted by Crippen LogP contribution is 2.22. The Balaban J connectivity index is 2.36. The summed E-state index contributed by atoms with van der Waals surface area (Å²) in [7, 11) is 0. The van der Waals surface area contributed by atoms with Crippen molar-refractivity contribution in [3.63, 3.8) is 0 Å². The predicted octanol–water partition coefficient (Wildman–Crippen LogP) is 3.23. The zero-order valence-electron chi connectivity index (χ0n) is 12.2. The van der Waals surface area contributed by atoms with E-state index in [4.69, 9.17) is 0 Å². The third-order valence-corrected chi connectivity index (χ3v) is 3.27. The summed E-state index contributed by atoms with van der Waals surface area (Å²) in [5.41, 5.74) is 2.89. The van der Waals surface area contributed by atoms with Crippen LogP contribution in [0.5, 0.6) is 0 Å². The van der Waals surface area contributed by atoms with Gasteiger partial charge in [0.25, 0.3) is 0 Å². The first-order chi connectivity index (χ1) is 8.43. The molecule has 0 saturated heterocycles. The standard InChI is InChI=1S/C16H27NO/c1-5-15(18)10-11-17-12-13-6-8-14(9-7-13)16(2,3)4/h6-9,15,17-18H,5,10-12H2,1-4H3. The number of hydrogen-bond acceptors (Lipinski definition) is 2. The average Bonchev–Trinajstić information content (AvgIpc) is 2.33. The smallest absolute Gasteiger partial charge is 0.0549 e. The Labute approximate surface area is 111 Å². The summed E-state index contributed by atoms with van der Waals surface area (Å²) in [5, 5.41) is 12.8. The molecule has 2 nitrogen and oxygen atoms in total. The van der Waals surface area contributed by atoms with Gasteiger partial charge in [-0.15, -0.1) is 0 Å². The maximum absolute atomic E-state index is 9.44. The molecule has 1 aromatic carbocycles. The highest BCUT2D eigenvalue weighted by Gasteiger charge is 2.12. The molecule has 2 heteroatoms. The van der Waals surface area contributed by atoms with E-state index in [2.05, 4.69) is 50.4 Å². The first-order valence-electron chi connectivity index (χ1n) is 6.91. The first-order valence-corrected chi connectivity index (χ1v) is 6.91. The molecule has 0 spiro atoms. The van der Waals surface area contributed by atoms with Crippen LogP contribution in [0, 0.1) is 0 Å². The quantitative estimate of drug-likeness (QED) is 0.759. The maximum atomic E-state index is 9.44. The van der Waals surface area contributed by atoms with E-state index < -0.39 is 0 Å². The normalized spacial score (nSPS) is 13.6. The van der Waals surface area contributed by atoms with Crippen molar-refractivity contribution in [3.05, 3.63) is 35.4 Å². The van der Waals surface area contributed by atoms with Crippen LogP contribution in [0.15, 0.2) is 24.3 Å². The minimum absolute atomic E-state index is 0.166. The van der Waals surface area contributed by atoms with Crippen molar-refractivity contribution in [1.82, 2.24) is 5.32 Å². The zero-order chi connectivity index (χ0) is 13.6. The summed E-state index contributed by atoms with van der Waals surface area (Å²) in [6, 6.07) is 8.78. The van der Waals surface area contributed by atoms with E-state index >= 15 is 0 Å². The van der Waals surface area contributed by atoms with Crippen molar-refractivity contribution in [2.24, 2.45) is 0 Å². The van der Waals surface area contributed by atoms with Gasteiger partial charge in [0, 0.05) is 6.54 Å². The molecule has 0 radical (unpaired) electrons. The van der Waals surface area contributed by atoms with Gasteiger partial charge < -0.3 is 10.4 Å². The summed E-state index contributed by atoms with van der Waals surface area (Å²) in [5.74, 6) is 0. The third kappa shape index (κ3) is 5.19. The molecule has 1 rings (SSSR count). The molecule has 0 fully saturated rings. The Kier molecular flexibility index (Phi) is 5.83. The van der Waals surface area contributed by atoms with Gasteiger partial charge in [0.2, 0.25) is 0 Å². The molecule has 0 amide bonds. The SMILES string of the molecule is CCC(O)CCNCc1ccc(C(C)(C)C)cc1. The van der Waals surface area contributed by atoms with Crippen LogP contribution in [0.1, 0.15) is 51.7 Å². The Morgan fingerprint density at radius 2 is 1.78 bits per heavy atom. The molecule has 0 aliphatic rings. The topological polar surface area (TPSA) is 32.3 Å². The average molecular weight is 249 g/mol. The minimum atomic E-state index is -0.166. The largest absolute Gasteiger partial charge is 0.393 e. The van der Waals surface area contributed by atoms with Crippen LogP contribution in [0.2, 0.25) is 0 Å². The molecule has 0 aromatic heterocycles. The molecule has 0 heterocycles. The fraction of sp³-hybridized carbons (Fsp3) is 0.625. The molecular weight excluding hydrogens is 222 g/mol. The monoisotopic (exact) mass is 249 g/mol. The molecule has 0 aliphatic carbocycles. The molecule has 1 unspecified atom stereocenters. The van der Waals surface area contributed by atoms with Crippen LogP contribution in [0.3, 0.4) is 0 Å². The van der Waals surface area contributed by atoms with Gasteiger partial charge in [-0.3, -0.25) is 0 Å². The predicted molar refractivity (Wildman–Crippen MR) is 77.8 cm³/mol. The summed E-state index contributed by atoms with van der Waals surface area (Å²) in [4.78, 5) is 0. The lowest BCUT2D eigenvalue weighted by molar-refractivity contribution is 0.159. The molecular formula is C16H27NO. The highest BCUT2D eigenvalue weighted by atomic mass is 16.3. The number of aliphatic hydroxyl groups is 1. The van der Waals surface area contributed by atoms with Crippen LogP contribution in [-0.4, -0.2) is 17.8 Å². The van der Waals surface area contributed by atoms with Crippen molar-refractivity contribution in [1.29, 1.82) is 0 Å². The van der Waals surface area contributed by atoms with E-state index in [9.17, 15) is 5.11 Å². The van der Waals surface area contributed by atoms with E-state index in [-0.39, 0.29) is 11.5 Å². The van der Waals surface area contributed by atoms with Crippen molar-refractivity contribution in [3.8, 4) is 0 Å². The number of benzene rings is 1. The zero-order valence-corrected chi connectivity index (χ0v) is 12.2. The second-order valence-corrected chi connectivity index (χ2v) is 5.97. The third-order valence-electron chi connectivity index (χ3n) is 3.27. The van der Waals surface area contributed by atoms with Gasteiger partial charge >= 0.3 is 0 Å². The van der Waals surface area contributed by atoms with Crippen molar-refractivity contribution in [2.75, 3.05) is 6.54 Å². The van der Waals surface area contributed by atoms with Gasteiger partial charge in [0.05, 0.1) is 6.10 Å². The van der Waals surface area contributed by atoms with E-state index in [0.717, 1.165) is 25.9 Å². The molecule has 18 heavy (non-hydrogen) atoms. The lowest BCUT2D eigenvalue weighted by atomic mass is 9.87. The Morgan fingerprint density at radius 3 is 2.28 bits per heavy atom. The van der Waals surface area contributed by atoms with Gasteiger partial charge in [-0.25, -0.2) is 0 Å². The summed E-state index contributed by atoms with van der Waals surface area (Å²) in [6.07, 6.45) is 1.50. The fourth-order valence-corrected chi connectivity index (χ4v) is 1.83. The van der Waals surface area contributed by atoms with Crippen molar-refractivity contribution in [2.45, 2.75) is 58.6 Å². The molecule has 1 aromatic rings. The van der Waals surface area contributed by atoms with Crippen LogP contribution < -0.4 is 5.32 Å².